The first kappa shape index (κ1) is 25.3. The molecule has 43 heavy (non-hydrogen) atoms. The Morgan fingerprint density at radius 3 is 1.51 bits per heavy atom. The highest BCUT2D eigenvalue weighted by Gasteiger charge is 2.17. The molecule has 8 aromatic carbocycles. The summed E-state index contributed by atoms with van der Waals surface area (Å²) in [7, 11) is 0. The van der Waals surface area contributed by atoms with E-state index in [2.05, 4.69) is 171 Å². The van der Waals surface area contributed by atoms with Gasteiger partial charge in [0.05, 0.1) is 0 Å². The van der Waals surface area contributed by atoms with Gasteiger partial charge in [0.25, 0.3) is 0 Å². The molecular formula is C43H30. The fourth-order valence-electron chi connectivity index (χ4n) is 6.73. The van der Waals surface area contributed by atoms with Crippen LogP contribution in [0.25, 0.3) is 76.8 Å². The van der Waals surface area contributed by atoms with Crippen molar-refractivity contribution in [3.63, 3.8) is 0 Å². The molecule has 0 nitrogen and oxygen atoms in total. The van der Waals surface area contributed by atoms with Crippen LogP contribution >= 0.6 is 0 Å². The van der Waals surface area contributed by atoms with E-state index in [0.717, 1.165) is 0 Å². The molecule has 0 radical (unpaired) electrons. The number of hydrogen-bond donors (Lipinski definition) is 0. The molecule has 0 heterocycles. The monoisotopic (exact) mass is 546 g/mol. The lowest BCUT2D eigenvalue weighted by atomic mass is 9.85. The van der Waals surface area contributed by atoms with Crippen molar-refractivity contribution in [3.05, 3.63) is 169 Å². The summed E-state index contributed by atoms with van der Waals surface area (Å²) < 4.78 is 0. The lowest BCUT2D eigenvalue weighted by Gasteiger charge is -2.18. The van der Waals surface area contributed by atoms with Crippen molar-refractivity contribution in [2.75, 3.05) is 0 Å². The molecule has 0 saturated heterocycles. The van der Waals surface area contributed by atoms with Crippen molar-refractivity contribution in [3.8, 4) is 44.5 Å². The largest absolute Gasteiger partial charge is 0.0622 e. The van der Waals surface area contributed by atoms with E-state index in [4.69, 9.17) is 0 Å². The molecule has 0 aliphatic heterocycles. The fraction of sp³-hybridized carbons (Fsp3) is 0.0233. The van der Waals surface area contributed by atoms with Gasteiger partial charge in [-0.15, -0.1) is 0 Å². The van der Waals surface area contributed by atoms with Crippen LogP contribution in [0, 0.1) is 6.92 Å². The molecule has 0 aromatic heterocycles. The topological polar surface area (TPSA) is 0 Å². The average molecular weight is 547 g/mol. The highest BCUT2D eigenvalue weighted by Crippen LogP contribution is 2.44. The SMILES string of the molecule is Cc1cccc(-c2c3ccccc3c(-c3ccc4cccc(-c5cccc(-c6ccccc6)c5)c4c3)c3ccccc23)c1. The Balaban J connectivity index is 1.39. The maximum atomic E-state index is 2.40. The average Bonchev–Trinajstić information content (AvgIpc) is 3.07. The van der Waals surface area contributed by atoms with Gasteiger partial charge >= 0.3 is 0 Å². The second kappa shape index (κ2) is 10.4. The van der Waals surface area contributed by atoms with E-state index in [0.29, 0.717) is 0 Å². The van der Waals surface area contributed by atoms with Crippen molar-refractivity contribution in [2.24, 2.45) is 0 Å². The first-order valence-electron chi connectivity index (χ1n) is 14.9. The summed E-state index contributed by atoms with van der Waals surface area (Å²) in [5, 5.41) is 7.63. The van der Waals surface area contributed by atoms with Crippen molar-refractivity contribution < 1.29 is 0 Å². The van der Waals surface area contributed by atoms with Crippen LogP contribution in [0.3, 0.4) is 0 Å². The van der Waals surface area contributed by atoms with Crippen molar-refractivity contribution in [2.45, 2.75) is 6.92 Å². The molecule has 0 atom stereocenters. The normalized spacial score (nSPS) is 11.4. The van der Waals surface area contributed by atoms with Crippen LogP contribution in [0.1, 0.15) is 5.56 Å². The van der Waals surface area contributed by atoms with Gasteiger partial charge in [0.15, 0.2) is 0 Å². The number of rotatable bonds is 4. The van der Waals surface area contributed by atoms with Gasteiger partial charge in [-0.1, -0.05) is 157 Å². The molecule has 0 saturated carbocycles. The highest BCUT2D eigenvalue weighted by molar-refractivity contribution is 6.22. The van der Waals surface area contributed by atoms with Crippen LogP contribution in [-0.4, -0.2) is 0 Å². The lowest BCUT2D eigenvalue weighted by molar-refractivity contribution is 1.47. The molecule has 0 heteroatoms. The van der Waals surface area contributed by atoms with E-state index >= 15 is 0 Å². The van der Waals surface area contributed by atoms with Crippen LogP contribution < -0.4 is 0 Å². The highest BCUT2D eigenvalue weighted by atomic mass is 14.2. The van der Waals surface area contributed by atoms with E-state index < -0.39 is 0 Å². The van der Waals surface area contributed by atoms with Crippen molar-refractivity contribution >= 4 is 32.3 Å². The predicted octanol–water partition coefficient (Wildman–Crippen LogP) is 12.1. The molecule has 0 spiro atoms. The maximum absolute atomic E-state index is 2.40. The van der Waals surface area contributed by atoms with Crippen LogP contribution in [0.4, 0.5) is 0 Å². The Hall–Kier alpha value is -5.46. The number of fused-ring (bicyclic) bond motifs is 3. The zero-order chi connectivity index (χ0) is 28.8. The minimum absolute atomic E-state index is 1.23. The number of benzene rings is 8. The summed E-state index contributed by atoms with van der Waals surface area (Å²) in [5.41, 5.74) is 11.3. The quantitative estimate of drug-likeness (QED) is 0.193. The fourth-order valence-corrected chi connectivity index (χ4v) is 6.73. The summed E-state index contributed by atoms with van der Waals surface area (Å²) in [6.07, 6.45) is 0. The minimum atomic E-state index is 1.23. The third kappa shape index (κ3) is 4.40. The Kier molecular flexibility index (Phi) is 6.12. The third-order valence-electron chi connectivity index (χ3n) is 8.69. The van der Waals surface area contributed by atoms with E-state index in [1.165, 1.54) is 82.4 Å². The Bertz CT molecular complexity index is 2230. The molecule has 202 valence electrons. The molecule has 0 amide bonds. The third-order valence-corrected chi connectivity index (χ3v) is 8.69. The molecule has 0 fully saturated rings. The van der Waals surface area contributed by atoms with Gasteiger partial charge in [-0.25, -0.2) is 0 Å². The first-order chi connectivity index (χ1) is 21.2. The first-order valence-corrected chi connectivity index (χ1v) is 14.9. The van der Waals surface area contributed by atoms with Crippen LogP contribution in [0.2, 0.25) is 0 Å². The molecule has 8 rings (SSSR count). The Morgan fingerprint density at radius 2 is 0.837 bits per heavy atom. The Labute approximate surface area is 252 Å². The summed E-state index contributed by atoms with van der Waals surface area (Å²) in [6.45, 7) is 2.17. The number of hydrogen-bond acceptors (Lipinski definition) is 0. The summed E-state index contributed by atoms with van der Waals surface area (Å²) in [6, 6.07) is 59.9. The van der Waals surface area contributed by atoms with E-state index in [9.17, 15) is 0 Å². The van der Waals surface area contributed by atoms with Gasteiger partial charge in [0.2, 0.25) is 0 Å². The molecule has 8 aromatic rings. The van der Waals surface area contributed by atoms with Gasteiger partial charge < -0.3 is 0 Å². The maximum Gasteiger partial charge on any atom is -0.00261 e. The molecule has 0 bridgehead atoms. The summed E-state index contributed by atoms with van der Waals surface area (Å²) >= 11 is 0. The zero-order valence-electron chi connectivity index (χ0n) is 24.1. The van der Waals surface area contributed by atoms with Crippen LogP contribution in [-0.2, 0) is 0 Å². The molecule has 0 aliphatic carbocycles. The van der Waals surface area contributed by atoms with Gasteiger partial charge in [-0.05, 0) is 95.9 Å². The van der Waals surface area contributed by atoms with Crippen LogP contribution in [0.15, 0.2) is 164 Å². The molecular weight excluding hydrogens is 516 g/mol. The Morgan fingerprint density at radius 1 is 0.302 bits per heavy atom. The van der Waals surface area contributed by atoms with Gasteiger partial charge in [-0.2, -0.15) is 0 Å². The van der Waals surface area contributed by atoms with Crippen LogP contribution in [0.5, 0.6) is 0 Å². The van der Waals surface area contributed by atoms with Gasteiger partial charge in [0.1, 0.15) is 0 Å². The predicted molar refractivity (Wildman–Crippen MR) is 185 cm³/mol. The smallest absolute Gasteiger partial charge is 0.00261 e. The van der Waals surface area contributed by atoms with Gasteiger partial charge in [-0.3, -0.25) is 0 Å². The van der Waals surface area contributed by atoms with Gasteiger partial charge in [0, 0.05) is 0 Å². The standard InChI is InChI=1S/C43H30/c1-29-12-9-18-34(26-29)42-37-19-5-7-21-39(37)43(40-22-8-6-20-38(40)42)35-25-24-31-15-11-23-36(41(31)28-35)33-17-10-16-32(27-33)30-13-3-2-4-14-30/h2-28H,1H3. The van der Waals surface area contributed by atoms with E-state index in [-0.39, 0.29) is 0 Å². The summed E-state index contributed by atoms with van der Waals surface area (Å²) in [4.78, 5) is 0. The molecule has 0 N–H and O–H groups in total. The zero-order valence-corrected chi connectivity index (χ0v) is 24.1. The number of aryl methyl sites for hydroxylation is 1. The molecule has 0 aliphatic rings. The van der Waals surface area contributed by atoms with E-state index in [1.807, 2.05) is 0 Å². The van der Waals surface area contributed by atoms with Crippen molar-refractivity contribution in [1.82, 2.24) is 0 Å². The van der Waals surface area contributed by atoms with E-state index in [1.54, 1.807) is 0 Å². The second-order valence-corrected chi connectivity index (χ2v) is 11.4. The lowest BCUT2D eigenvalue weighted by Crippen LogP contribution is -1.91. The minimum Gasteiger partial charge on any atom is -0.0622 e. The molecule has 0 unspecified atom stereocenters. The summed E-state index contributed by atoms with van der Waals surface area (Å²) in [5.74, 6) is 0. The second-order valence-electron chi connectivity index (χ2n) is 11.4. The van der Waals surface area contributed by atoms with Crippen molar-refractivity contribution in [1.29, 1.82) is 0 Å².